The Hall–Kier alpha value is -1.36. The molecule has 4 rings (SSSR count). The standard InChI is InChI=1S/C20H28N2O2S/c23-19(21-10-4-5-11-21)15-8-12-22(13-9-15)20(24)18-14-16-6-2-1-3-7-17(16)25-18/h14-15H,1-13H2. The van der Waals surface area contributed by atoms with E-state index in [1.807, 2.05) is 9.80 Å². The molecule has 4 nitrogen and oxygen atoms in total. The van der Waals surface area contributed by atoms with E-state index in [-0.39, 0.29) is 11.8 Å². The zero-order valence-electron chi connectivity index (χ0n) is 15.0. The van der Waals surface area contributed by atoms with Crippen molar-refractivity contribution in [3.05, 3.63) is 21.4 Å². The van der Waals surface area contributed by atoms with Crippen molar-refractivity contribution >= 4 is 23.2 Å². The summed E-state index contributed by atoms with van der Waals surface area (Å²) in [4.78, 5) is 31.8. The number of carbonyl (C=O) groups excluding carboxylic acids is 2. The molecule has 1 aromatic heterocycles. The molecular weight excluding hydrogens is 332 g/mol. The lowest BCUT2D eigenvalue weighted by atomic mass is 9.95. The second-order valence-corrected chi connectivity index (χ2v) is 8.86. The summed E-state index contributed by atoms with van der Waals surface area (Å²) >= 11 is 1.71. The lowest BCUT2D eigenvalue weighted by Gasteiger charge is -2.33. The van der Waals surface area contributed by atoms with E-state index < -0.39 is 0 Å². The van der Waals surface area contributed by atoms with Gasteiger partial charge in [-0.15, -0.1) is 11.3 Å². The summed E-state index contributed by atoms with van der Waals surface area (Å²) in [7, 11) is 0. The molecule has 2 fully saturated rings. The van der Waals surface area contributed by atoms with Crippen LogP contribution in [0.25, 0.3) is 0 Å². The first-order valence-electron chi connectivity index (χ1n) is 9.92. The minimum atomic E-state index is 0.127. The van der Waals surface area contributed by atoms with Crippen LogP contribution in [-0.4, -0.2) is 47.8 Å². The van der Waals surface area contributed by atoms with E-state index in [0.717, 1.165) is 69.6 Å². The fourth-order valence-electron chi connectivity index (χ4n) is 4.45. The first kappa shape index (κ1) is 17.1. The topological polar surface area (TPSA) is 40.6 Å². The Morgan fingerprint density at radius 2 is 1.60 bits per heavy atom. The maximum atomic E-state index is 12.9. The highest BCUT2D eigenvalue weighted by atomic mass is 32.1. The number of amides is 2. The molecule has 2 amide bonds. The second-order valence-electron chi connectivity index (χ2n) is 7.72. The van der Waals surface area contributed by atoms with Gasteiger partial charge in [0.25, 0.3) is 5.91 Å². The Kier molecular flexibility index (Phi) is 5.11. The SMILES string of the molecule is O=C(c1cc2c(s1)CCCCC2)N1CCC(C(=O)N2CCCC2)CC1. The molecule has 0 saturated carbocycles. The predicted octanol–water partition coefficient (Wildman–Crippen LogP) is 3.49. The molecule has 2 saturated heterocycles. The van der Waals surface area contributed by atoms with Crippen molar-refractivity contribution in [3.8, 4) is 0 Å². The highest BCUT2D eigenvalue weighted by molar-refractivity contribution is 7.14. The van der Waals surface area contributed by atoms with Crippen molar-refractivity contribution < 1.29 is 9.59 Å². The number of hydrogen-bond donors (Lipinski definition) is 0. The minimum Gasteiger partial charge on any atom is -0.342 e. The molecule has 0 spiro atoms. The smallest absolute Gasteiger partial charge is 0.263 e. The maximum absolute atomic E-state index is 12.9. The molecule has 0 N–H and O–H groups in total. The van der Waals surface area contributed by atoms with Crippen LogP contribution in [0.2, 0.25) is 0 Å². The molecule has 0 aromatic carbocycles. The van der Waals surface area contributed by atoms with Gasteiger partial charge in [0.2, 0.25) is 5.91 Å². The molecule has 136 valence electrons. The van der Waals surface area contributed by atoms with Crippen LogP contribution in [0.1, 0.15) is 65.1 Å². The summed E-state index contributed by atoms with van der Waals surface area (Å²) in [5.41, 5.74) is 1.41. The molecule has 0 atom stereocenters. The first-order valence-corrected chi connectivity index (χ1v) is 10.7. The van der Waals surface area contributed by atoms with Crippen LogP contribution in [0.4, 0.5) is 0 Å². The molecule has 25 heavy (non-hydrogen) atoms. The molecule has 2 aliphatic heterocycles. The zero-order chi connectivity index (χ0) is 17.2. The van der Waals surface area contributed by atoms with Crippen LogP contribution in [0.3, 0.4) is 0 Å². The number of hydrogen-bond acceptors (Lipinski definition) is 3. The highest BCUT2D eigenvalue weighted by Gasteiger charge is 2.32. The number of fused-ring (bicyclic) bond motifs is 1. The molecule has 3 heterocycles. The largest absolute Gasteiger partial charge is 0.342 e. The number of carbonyl (C=O) groups is 2. The summed E-state index contributed by atoms with van der Waals surface area (Å²) in [6.45, 7) is 3.31. The van der Waals surface area contributed by atoms with Gasteiger partial charge in [-0.3, -0.25) is 9.59 Å². The molecule has 0 unspecified atom stereocenters. The number of thiophene rings is 1. The van der Waals surface area contributed by atoms with Crippen LogP contribution in [0.15, 0.2) is 6.07 Å². The molecular formula is C20H28N2O2S. The molecule has 1 aliphatic carbocycles. The van der Waals surface area contributed by atoms with Crippen LogP contribution in [0, 0.1) is 5.92 Å². The van der Waals surface area contributed by atoms with Gasteiger partial charge in [-0.2, -0.15) is 0 Å². The third kappa shape index (κ3) is 3.62. The zero-order valence-corrected chi connectivity index (χ0v) is 15.8. The molecule has 1 aromatic rings. The Morgan fingerprint density at radius 1 is 0.880 bits per heavy atom. The van der Waals surface area contributed by atoms with Gasteiger partial charge in [0.15, 0.2) is 0 Å². The van der Waals surface area contributed by atoms with Crippen molar-refractivity contribution in [3.63, 3.8) is 0 Å². The monoisotopic (exact) mass is 360 g/mol. The van der Waals surface area contributed by atoms with Gasteiger partial charge in [0.1, 0.15) is 0 Å². The van der Waals surface area contributed by atoms with Gasteiger partial charge in [0.05, 0.1) is 4.88 Å². The van der Waals surface area contributed by atoms with Gasteiger partial charge in [-0.05, 0) is 63.0 Å². The fourth-order valence-corrected chi connectivity index (χ4v) is 5.68. The Balaban J connectivity index is 1.36. The summed E-state index contributed by atoms with van der Waals surface area (Å²) < 4.78 is 0. The third-order valence-electron chi connectivity index (χ3n) is 6.01. The van der Waals surface area contributed by atoms with Gasteiger partial charge in [-0.25, -0.2) is 0 Å². The Morgan fingerprint density at radius 3 is 2.36 bits per heavy atom. The molecule has 5 heteroatoms. The molecule has 0 bridgehead atoms. The van der Waals surface area contributed by atoms with Crippen LogP contribution in [0.5, 0.6) is 0 Å². The van der Waals surface area contributed by atoms with Gasteiger partial charge >= 0.3 is 0 Å². The van der Waals surface area contributed by atoms with E-state index in [2.05, 4.69) is 6.07 Å². The van der Waals surface area contributed by atoms with E-state index in [4.69, 9.17) is 0 Å². The van der Waals surface area contributed by atoms with Crippen molar-refractivity contribution in [2.45, 2.75) is 57.8 Å². The molecule has 0 radical (unpaired) electrons. The van der Waals surface area contributed by atoms with Crippen LogP contribution >= 0.6 is 11.3 Å². The maximum Gasteiger partial charge on any atom is 0.263 e. The summed E-state index contributed by atoms with van der Waals surface area (Å²) in [5.74, 6) is 0.639. The van der Waals surface area contributed by atoms with Crippen LogP contribution in [-0.2, 0) is 17.6 Å². The summed E-state index contributed by atoms with van der Waals surface area (Å²) in [5, 5.41) is 0. The molecule has 3 aliphatic rings. The fraction of sp³-hybridized carbons (Fsp3) is 0.700. The quantitative estimate of drug-likeness (QED) is 0.758. The van der Waals surface area contributed by atoms with E-state index in [0.29, 0.717) is 5.91 Å². The lowest BCUT2D eigenvalue weighted by molar-refractivity contribution is -0.135. The van der Waals surface area contributed by atoms with E-state index >= 15 is 0 Å². The summed E-state index contributed by atoms with van der Waals surface area (Å²) in [6.07, 6.45) is 10.0. The van der Waals surface area contributed by atoms with E-state index in [1.165, 1.54) is 29.7 Å². The first-order chi connectivity index (χ1) is 12.2. The van der Waals surface area contributed by atoms with Crippen molar-refractivity contribution in [2.75, 3.05) is 26.2 Å². The van der Waals surface area contributed by atoms with Gasteiger partial charge < -0.3 is 9.80 Å². The van der Waals surface area contributed by atoms with Gasteiger partial charge in [-0.1, -0.05) is 6.42 Å². The number of nitrogens with zero attached hydrogens (tertiary/aromatic N) is 2. The highest BCUT2D eigenvalue weighted by Crippen LogP contribution is 2.31. The average Bonchev–Trinajstić information content (AvgIpc) is 3.27. The van der Waals surface area contributed by atoms with E-state index in [9.17, 15) is 9.59 Å². The number of piperidine rings is 1. The van der Waals surface area contributed by atoms with Crippen molar-refractivity contribution in [2.24, 2.45) is 5.92 Å². The minimum absolute atomic E-state index is 0.127. The average molecular weight is 361 g/mol. The lowest BCUT2D eigenvalue weighted by Crippen LogP contribution is -2.43. The second kappa shape index (κ2) is 7.48. The van der Waals surface area contributed by atoms with E-state index in [1.54, 1.807) is 11.3 Å². The normalized spacial score (nSPS) is 21.9. The Labute approximate surface area is 154 Å². The van der Waals surface area contributed by atoms with Crippen LogP contribution < -0.4 is 0 Å². The third-order valence-corrected chi connectivity index (χ3v) is 7.23. The van der Waals surface area contributed by atoms with Crippen molar-refractivity contribution in [1.82, 2.24) is 9.80 Å². The number of likely N-dealkylation sites (tertiary alicyclic amines) is 2. The van der Waals surface area contributed by atoms with Gasteiger partial charge in [0, 0.05) is 37.0 Å². The predicted molar refractivity (Wildman–Crippen MR) is 100 cm³/mol. The number of rotatable bonds is 2. The summed E-state index contributed by atoms with van der Waals surface area (Å²) in [6, 6.07) is 2.15. The van der Waals surface area contributed by atoms with Crippen molar-refractivity contribution in [1.29, 1.82) is 0 Å². The Bertz CT molecular complexity index is 617. The number of aryl methyl sites for hydroxylation is 2.